The Labute approximate surface area is 153 Å². The van der Waals surface area contributed by atoms with Crippen molar-refractivity contribution >= 4 is 11.8 Å². The largest absolute Gasteiger partial charge is 0.467 e. The SMILES string of the molecule is Fc1cccc(CSc2nnc(-c3cnccn3)n2Cc2ccco2)c1. The van der Waals surface area contributed by atoms with Crippen molar-refractivity contribution in [3.63, 3.8) is 0 Å². The van der Waals surface area contributed by atoms with Crippen LogP contribution in [-0.4, -0.2) is 24.7 Å². The Morgan fingerprint density at radius 3 is 2.85 bits per heavy atom. The van der Waals surface area contributed by atoms with E-state index in [1.54, 1.807) is 30.9 Å². The maximum absolute atomic E-state index is 13.4. The van der Waals surface area contributed by atoms with E-state index < -0.39 is 0 Å². The maximum atomic E-state index is 13.4. The van der Waals surface area contributed by atoms with Crippen LogP contribution in [0.3, 0.4) is 0 Å². The van der Waals surface area contributed by atoms with Crippen molar-refractivity contribution in [3.8, 4) is 11.5 Å². The third-order valence-electron chi connectivity index (χ3n) is 3.66. The number of nitrogens with zero attached hydrogens (tertiary/aromatic N) is 5. The molecule has 0 fully saturated rings. The van der Waals surface area contributed by atoms with Crippen LogP contribution in [0.15, 0.2) is 70.8 Å². The van der Waals surface area contributed by atoms with Crippen molar-refractivity contribution in [2.24, 2.45) is 0 Å². The Kier molecular flexibility index (Phi) is 4.74. The van der Waals surface area contributed by atoms with Crippen molar-refractivity contribution in [1.82, 2.24) is 24.7 Å². The van der Waals surface area contributed by atoms with Crippen molar-refractivity contribution in [2.45, 2.75) is 17.5 Å². The summed E-state index contributed by atoms with van der Waals surface area (Å²) in [5.41, 5.74) is 1.51. The highest BCUT2D eigenvalue weighted by atomic mass is 32.2. The molecule has 0 atom stereocenters. The molecule has 4 aromatic rings. The Morgan fingerprint density at radius 2 is 2.08 bits per heavy atom. The average molecular weight is 367 g/mol. The highest BCUT2D eigenvalue weighted by molar-refractivity contribution is 7.98. The lowest BCUT2D eigenvalue weighted by molar-refractivity contribution is 0.485. The van der Waals surface area contributed by atoms with Gasteiger partial charge in [0.2, 0.25) is 0 Å². The summed E-state index contributed by atoms with van der Waals surface area (Å²) in [6.45, 7) is 0.470. The van der Waals surface area contributed by atoms with Gasteiger partial charge in [0.15, 0.2) is 11.0 Å². The van der Waals surface area contributed by atoms with E-state index in [9.17, 15) is 4.39 Å². The first kappa shape index (κ1) is 16.5. The molecule has 0 unspecified atom stereocenters. The predicted octanol–water partition coefficient (Wildman–Crippen LogP) is 3.81. The summed E-state index contributed by atoms with van der Waals surface area (Å²) in [5, 5.41) is 9.25. The van der Waals surface area contributed by atoms with Gasteiger partial charge in [-0.2, -0.15) is 0 Å². The molecule has 0 bridgehead atoms. The molecular formula is C18H14FN5OS. The number of benzene rings is 1. The zero-order chi connectivity index (χ0) is 17.8. The fraction of sp³-hybridized carbons (Fsp3) is 0.111. The first-order valence-corrected chi connectivity index (χ1v) is 8.87. The van der Waals surface area contributed by atoms with Crippen LogP contribution in [0.5, 0.6) is 0 Å². The van der Waals surface area contributed by atoms with E-state index in [1.807, 2.05) is 22.8 Å². The number of hydrogen-bond donors (Lipinski definition) is 0. The van der Waals surface area contributed by atoms with Crippen molar-refractivity contribution in [2.75, 3.05) is 0 Å². The fourth-order valence-corrected chi connectivity index (χ4v) is 3.36. The fourth-order valence-electron chi connectivity index (χ4n) is 2.48. The summed E-state index contributed by atoms with van der Waals surface area (Å²) in [7, 11) is 0. The molecule has 0 saturated carbocycles. The van der Waals surface area contributed by atoms with Crippen LogP contribution in [0.4, 0.5) is 4.39 Å². The van der Waals surface area contributed by atoms with Crippen LogP contribution in [0.25, 0.3) is 11.5 Å². The molecule has 4 rings (SSSR count). The predicted molar refractivity (Wildman–Crippen MR) is 94.8 cm³/mol. The maximum Gasteiger partial charge on any atom is 0.192 e. The van der Waals surface area contributed by atoms with E-state index >= 15 is 0 Å². The van der Waals surface area contributed by atoms with Crippen LogP contribution in [0.1, 0.15) is 11.3 Å². The molecule has 0 N–H and O–H groups in total. The van der Waals surface area contributed by atoms with Gasteiger partial charge in [-0.15, -0.1) is 10.2 Å². The molecule has 130 valence electrons. The first-order chi connectivity index (χ1) is 12.8. The monoisotopic (exact) mass is 367 g/mol. The molecule has 8 heteroatoms. The van der Waals surface area contributed by atoms with Gasteiger partial charge < -0.3 is 4.42 Å². The normalized spacial score (nSPS) is 11.0. The molecule has 1 aromatic carbocycles. The quantitative estimate of drug-likeness (QED) is 0.483. The molecule has 0 spiro atoms. The lowest BCUT2D eigenvalue weighted by Crippen LogP contribution is -2.04. The smallest absolute Gasteiger partial charge is 0.192 e. The third kappa shape index (κ3) is 3.65. The summed E-state index contributed by atoms with van der Waals surface area (Å²) < 4.78 is 20.8. The topological polar surface area (TPSA) is 69.6 Å². The van der Waals surface area contributed by atoms with E-state index in [4.69, 9.17) is 4.42 Å². The van der Waals surface area contributed by atoms with Crippen molar-refractivity contribution in [3.05, 3.63) is 78.4 Å². The molecule has 26 heavy (non-hydrogen) atoms. The van der Waals surface area contributed by atoms with Gasteiger partial charge in [0, 0.05) is 18.1 Å². The number of hydrogen-bond acceptors (Lipinski definition) is 6. The van der Waals surface area contributed by atoms with Gasteiger partial charge in [0.25, 0.3) is 0 Å². The summed E-state index contributed by atoms with van der Waals surface area (Å²) in [4.78, 5) is 8.40. The number of aromatic nitrogens is 5. The van der Waals surface area contributed by atoms with Gasteiger partial charge in [-0.05, 0) is 29.8 Å². The Hall–Kier alpha value is -3.00. The van der Waals surface area contributed by atoms with Crippen molar-refractivity contribution in [1.29, 1.82) is 0 Å². The number of halogens is 1. The lowest BCUT2D eigenvalue weighted by atomic mass is 10.2. The lowest BCUT2D eigenvalue weighted by Gasteiger charge is -2.08. The highest BCUT2D eigenvalue weighted by Crippen LogP contribution is 2.26. The molecule has 0 aliphatic carbocycles. The van der Waals surface area contributed by atoms with Gasteiger partial charge in [-0.1, -0.05) is 23.9 Å². The number of furan rings is 1. The van der Waals surface area contributed by atoms with E-state index in [0.717, 1.165) is 11.3 Å². The molecular weight excluding hydrogens is 353 g/mol. The molecule has 0 amide bonds. The standard InChI is InChI=1S/C18H14FN5OS/c19-14-4-1-3-13(9-14)12-26-18-23-22-17(16-10-20-6-7-21-16)24(18)11-15-5-2-8-25-15/h1-10H,11-12H2. The molecule has 0 aliphatic heterocycles. The second kappa shape index (κ2) is 7.49. The second-order valence-corrected chi connectivity index (χ2v) is 6.42. The van der Waals surface area contributed by atoms with Gasteiger partial charge in [-0.25, -0.2) is 9.37 Å². The van der Waals surface area contributed by atoms with Crippen LogP contribution in [0, 0.1) is 5.82 Å². The average Bonchev–Trinajstić information content (AvgIpc) is 3.31. The van der Waals surface area contributed by atoms with Gasteiger partial charge in [0.05, 0.1) is 19.0 Å². The summed E-state index contributed by atoms with van der Waals surface area (Å²) in [6.07, 6.45) is 6.49. The molecule has 0 radical (unpaired) electrons. The molecule has 3 heterocycles. The van der Waals surface area contributed by atoms with Gasteiger partial charge in [0.1, 0.15) is 17.3 Å². The Balaban J connectivity index is 1.64. The number of rotatable bonds is 6. The van der Waals surface area contributed by atoms with Crippen LogP contribution in [0.2, 0.25) is 0 Å². The third-order valence-corrected chi connectivity index (χ3v) is 4.70. The molecule has 6 nitrogen and oxygen atoms in total. The van der Waals surface area contributed by atoms with Crippen LogP contribution < -0.4 is 0 Å². The second-order valence-electron chi connectivity index (χ2n) is 5.48. The zero-order valence-corrected chi connectivity index (χ0v) is 14.4. The molecule has 0 aliphatic rings. The molecule has 3 aromatic heterocycles. The minimum Gasteiger partial charge on any atom is -0.467 e. The summed E-state index contributed by atoms with van der Waals surface area (Å²) >= 11 is 1.48. The minimum atomic E-state index is -0.250. The van der Waals surface area contributed by atoms with Gasteiger partial charge in [-0.3, -0.25) is 9.55 Å². The first-order valence-electron chi connectivity index (χ1n) is 7.89. The Bertz CT molecular complexity index is 988. The van der Waals surface area contributed by atoms with Crippen molar-refractivity contribution < 1.29 is 8.81 Å². The summed E-state index contributed by atoms with van der Waals surface area (Å²) in [6, 6.07) is 10.3. The van der Waals surface area contributed by atoms with Crippen LogP contribution >= 0.6 is 11.8 Å². The van der Waals surface area contributed by atoms with E-state index in [2.05, 4.69) is 20.2 Å². The zero-order valence-electron chi connectivity index (χ0n) is 13.6. The Morgan fingerprint density at radius 1 is 1.12 bits per heavy atom. The van der Waals surface area contributed by atoms with Gasteiger partial charge >= 0.3 is 0 Å². The van der Waals surface area contributed by atoms with Crippen LogP contribution in [-0.2, 0) is 12.3 Å². The van der Waals surface area contributed by atoms with E-state index in [0.29, 0.717) is 29.0 Å². The molecule has 0 saturated heterocycles. The highest BCUT2D eigenvalue weighted by Gasteiger charge is 2.17. The number of thioether (sulfide) groups is 1. The van der Waals surface area contributed by atoms with E-state index in [-0.39, 0.29) is 5.82 Å². The minimum absolute atomic E-state index is 0.250. The van der Waals surface area contributed by atoms with E-state index in [1.165, 1.54) is 23.9 Å². The summed E-state index contributed by atoms with van der Waals surface area (Å²) in [5.74, 6) is 1.72.